The van der Waals surface area contributed by atoms with Crippen molar-refractivity contribution >= 4 is 28.3 Å². The number of anilines is 1. The van der Waals surface area contributed by atoms with Gasteiger partial charge in [-0.15, -0.1) is 0 Å². The lowest BCUT2D eigenvalue weighted by Crippen LogP contribution is -2.13. The Labute approximate surface area is 132 Å². The number of carbonyl (C=O) groups is 2. The Morgan fingerprint density at radius 1 is 1.09 bits per heavy atom. The number of nitrogens with one attached hydrogen (secondary N) is 1. The van der Waals surface area contributed by atoms with Gasteiger partial charge in [0.1, 0.15) is 0 Å². The van der Waals surface area contributed by atoms with Crippen molar-refractivity contribution in [1.29, 1.82) is 0 Å². The van der Waals surface area contributed by atoms with Crippen molar-refractivity contribution in [3.8, 4) is 0 Å². The molecule has 1 aromatic heterocycles. The molecule has 0 unspecified atom stereocenters. The number of hydrogen-bond donors (Lipinski definition) is 1. The SMILES string of the molecule is COC(=O)c1cccc(NC(=O)c2cccc3ccncc23)c1. The van der Waals surface area contributed by atoms with E-state index in [2.05, 4.69) is 15.0 Å². The van der Waals surface area contributed by atoms with Crippen LogP contribution < -0.4 is 5.32 Å². The average Bonchev–Trinajstić information content (AvgIpc) is 2.60. The third-order valence-electron chi connectivity index (χ3n) is 3.47. The second-order valence-corrected chi connectivity index (χ2v) is 4.93. The Morgan fingerprint density at radius 2 is 1.91 bits per heavy atom. The van der Waals surface area contributed by atoms with Gasteiger partial charge < -0.3 is 10.1 Å². The highest BCUT2D eigenvalue weighted by Crippen LogP contribution is 2.19. The van der Waals surface area contributed by atoms with E-state index >= 15 is 0 Å². The molecule has 0 aliphatic heterocycles. The second-order valence-electron chi connectivity index (χ2n) is 4.93. The number of carbonyl (C=O) groups excluding carboxylic acids is 2. The molecule has 0 saturated carbocycles. The summed E-state index contributed by atoms with van der Waals surface area (Å²) in [6.45, 7) is 0. The molecule has 0 fully saturated rings. The fourth-order valence-corrected chi connectivity index (χ4v) is 2.35. The van der Waals surface area contributed by atoms with Crippen LogP contribution in [0.2, 0.25) is 0 Å². The first-order valence-electron chi connectivity index (χ1n) is 7.01. The summed E-state index contributed by atoms with van der Waals surface area (Å²) in [5, 5.41) is 4.51. The molecule has 0 aliphatic rings. The Kier molecular flexibility index (Phi) is 4.01. The van der Waals surface area contributed by atoms with Crippen molar-refractivity contribution < 1.29 is 14.3 Å². The van der Waals surface area contributed by atoms with Gasteiger partial charge in [-0.05, 0) is 35.7 Å². The minimum absolute atomic E-state index is 0.259. The monoisotopic (exact) mass is 306 g/mol. The molecule has 5 heteroatoms. The van der Waals surface area contributed by atoms with Crippen LogP contribution >= 0.6 is 0 Å². The van der Waals surface area contributed by atoms with E-state index in [0.29, 0.717) is 16.8 Å². The van der Waals surface area contributed by atoms with Gasteiger partial charge in [0.05, 0.1) is 12.7 Å². The van der Waals surface area contributed by atoms with Crippen LogP contribution in [0.5, 0.6) is 0 Å². The Hall–Kier alpha value is -3.21. The molecule has 5 nitrogen and oxygen atoms in total. The van der Waals surface area contributed by atoms with Crippen molar-refractivity contribution in [2.24, 2.45) is 0 Å². The minimum Gasteiger partial charge on any atom is -0.465 e. The van der Waals surface area contributed by atoms with E-state index in [1.165, 1.54) is 7.11 Å². The molecule has 1 heterocycles. The molecule has 0 radical (unpaired) electrons. The van der Waals surface area contributed by atoms with Crippen molar-refractivity contribution in [3.05, 3.63) is 72.1 Å². The number of rotatable bonds is 3. The molecule has 23 heavy (non-hydrogen) atoms. The fraction of sp³-hybridized carbons (Fsp3) is 0.0556. The predicted molar refractivity (Wildman–Crippen MR) is 87.5 cm³/mol. The predicted octanol–water partition coefficient (Wildman–Crippen LogP) is 3.27. The van der Waals surface area contributed by atoms with Gasteiger partial charge in [0.15, 0.2) is 0 Å². The first-order valence-corrected chi connectivity index (χ1v) is 7.01. The molecule has 1 amide bonds. The number of pyridine rings is 1. The van der Waals surface area contributed by atoms with Crippen LogP contribution in [0.3, 0.4) is 0 Å². The van der Waals surface area contributed by atoms with Gasteiger partial charge in [0.2, 0.25) is 0 Å². The fourth-order valence-electron chi connectivity index (χ4n) is 2.35. The van der Waals surface area contributed by atoms with Crippen molar-refractivity contribution in [3.63, 3.8) is 0 Å². The van der Waals surface area contributed by atoms with Crippen LogP contribution in [0.4, 0.5) is 5.69 Å². The molecule has 0 atom stereocenters. The summed E-state index contributed by atoms with van der Waals surface area (Å²) in [6.07, 6.45) is 3.35. The van der Waals surface area contributed by atoms with Crippen LogP contribution in [0.15, 0.2) is 60.9 Å². The molecule has 0 spiro atoms. The largest absolute Gasteiger partial charge is 0.465 e. The van der Waals surface area contributed by atoms with E-state index < -0.39 is 5.97 Å². The van der Waals surface area contributed by atoms with Gasteiger partial charge in [-0.25, -0.2) is 4.79 Å². The highest BCUT2D eigenvalue weighted by Gasteiger charge is 2.12. The molecule has 0 saturated heterocycles. The summed E-state index contributed by atoms with van der Waals surface area (Å²) in [5.41, 5.74) is 1.43. The molecule has 2 aromatic carbocycles. The zero-order chi connectivity index (χ0) is 16.2. The quantitative estimate of drug-likeness (QED) is 0.754. The Balaban J connectivity index is 1.91. The molecular weight excluding hydrogens is 292 g/mol. The van der Waals surface area contributed by atoms with Crippen LogP contribution in [0.1, 0.15) is 20.7 Å². The average molecular weight is 306 g/mol. The third kappa shape index (κ3) is 3.03. The number of hydrogen-bond acceptors (Lipinski definition) is 4. The maximum atomic E-state index is 12.5. The second kappa shape index (κ2) is 6.27. The number of esters is 1. The minimum atomic E-state index is -0.449. The number of benzene rings is 2. The standard InChI is InChI=1S/C18H14N2O3/c1-23-18(22)13-5-2-6-14(10-13)20-17(21)15-7-3-4-12-8-9-19-11-16(12)15/h2-11H,1H3,(H,20,21). The lowest BCUT2D eigenvalue weighted by Gasteiger charge is -2.09. The van der Waals surface area contributed by atoms with Gasteiger partial charge in [-0.1, -0.05) is 18.2 Å². The summed E-state index contributed by atoms with van der Waals surface area (Å²) in [6, 6.07) is 13.9. The van der Waals surface area contributed by atoms with E-state index in [1.807, 2.05) is 18.2 Å². The first-order chi connectivity index (χ1) is 11.2. The number of fused-ring (bicyclic) bond motifs is 1. The maximum Gasteiger partial charge on any atom is 0.337 e. The zero-order valence-corrected chi connectivity index (χ0v) is 12.4. The van der Waals surface area contributed by atoms with E-state index in [-0.39, 0.29) is 5.91 Å². The van der Waals surface area contributed by atoms with Crippen molar-refractivity contribution in [1.82, 2.24) is 4.98 Å². The summed E-state index contributed by atoms with van der Waals surface area (Å²) >= 11 is 0. The molecule has 114 valence electrons. The summed E-state index contributed by atoms with van der Waals surface area (Å²) in [5.74, 6) is -0.707. The van der Waals surface area contributed by atoms with E-state index in [9.17, 15) is 9.59 Å². The Bertz CT molecular complexity index is 885. The summed E-state index contributed by atoms with van der Waals surface area (Å²) in [7, 11) is 1.32. The molecule has 3 rings (SSSR count). The number of methoxy groups -OCH3 is 1. The molecular formula is C18H14N2O3. The highest BCUT2D eigenvalue weighted by atomic mass is 16.5. The van der Waals surface area contributed by atoms with E-state index in [0.717, 1.165) is 10.8 Å². The van der Waals surface area contributed by atoms with Crippen LogP contribution in [0, 0.1) is 0 Å². The number of nitrogens with zero attached hydrogens (tertiary/aromatic N) is 1. The number of amides is 1. The highest BCUT2D eigenvalue weighted by molar-refractivity contribution is 6.12. The van der Waals surface area contributed by atoms with E-state index in [4.69, 9.17) is 0 Å². The lowest BCUT2D eigenvalue weighted by molar-refractivity contribution is 0.0600. The van der Waals surface area contributed by atoms with Gasteiger partial charge >= 0.3 is 5.97 Å². The van der Waals surface area contributed by atoms with E-state index in [1.54, 1.807) is 42.7 Å². The maximum absolute atomic E-state index is 12.5. The van der Waals surface area contributed by atoms with Gasteiger partial charge in [-0.2, -0.15) is 0 Å². The first kappa shape index (κ1) is 14.7. The molecule has 0 aliphatic carbocycles. The molecule has 1 N–H and O–H groups in total. The smallest absolute Gasteiger partial charge is 0.337 e. The summed E-state index contributed by atoms with van der Waals surface area (Å²) < 4.78 is 4.68. The molecule has 0 bridgehead atoms. The van der Waals surface area contributed by atoms with Crippen molar-refractivity contribution in [2.75, 3.05) is 12.4 Å². The van der Waals surface area contributed by atoms with Gasteiger partial charge in [0, 0.05) is 29.0 Å². The lowest BCUT2D eigenvalue weighted by atomic mass is 10.1. The topological polar surface area (TPSA) is 68.3 Å². The summed E-state index contributed by atoms with van der Waals surface area (Å²) in [4.78, 5) is 28.1. The van der Waals surface area contributed by atoms with Crippen LogP contribution in [-0.2, 0) is 4.74 Å². The Morgan fingerprint density at radius 3 is 2.74 bits per heavy atom. The zero-order valence-electron chi connectivity index (χ0n) is 12.4. The molecule has 3 aromatic rings. The number of ether oxygens (including phenoxy) is 1. The third-order valence-corrected chi connectivity index (χ3v) is 3.47. The number of aromatic nitrogens is 1. The normalized spacial score (nSPS) is 10.3. The van der Waals surface area contributed by atoms with Gasteiger partial charge in [-0.3, -0.25) is 9.78 Å². The van der Waals surface area contributed by atoms with Gasteiger partial charge in [0.25, 0.3) is 5.91 Å². The van der Waals surface area contributed by atoms with Crippen molar-refractivity contribution in [2.45, 2.75) is 0 Å². The van der Waals surface area contributed by atoms with Crippen LogP contribution in [-0.4, -0.2) is 24.0 Å². The van der Waals surface area contributed by atoms with Crippen LogP contribution in [0.25, 0.3) is 10.8 Å².